The summed E-state index contributed by atoms with van der Waals surface area (Å²) < 4.78 is 0. The van der Waals surface area contributed by atoms with Gasteiger partial charge in [0.15, 0.2) is 0 Å². The van der Waals surface area contributed by atoms with E-state index in [2.05, 4.69) is 10.3 Å². The summed E-state index contributed by atoms with van der Waals surface area (Å²) in [7, 11) is 0. The van der Waals surface area contributed by atoms with Crippen molar-refractivity contribution in [1.29, 1.82) is 0 Å². The number of amides is 2. The lowest BCUT2D eigenvalue weighted by molar-refractivity contribution is 0.191. The number of aryl methyl sites for hydroxylation is 1. The number of fused-ring (bicyclic) bond motifs is 1. The van der Waals surface area contributed by atoms with Gasteiger partial charge in [-0.1, -0.05) is 29.8 Å². The molecule has 1 fully saturated rings. The van der Waals surface area contributed by atoms with Gasteiger partial charge in [0.25, 0.3) is 0 Å². The molecule has 128 valence electrons. The fourth-order valence-corrected chi connectivity index (χ4v) is 3.39. The molecule has 0 bridgehead atoms. The number of urea groups is 1. The number of nitrogens with one attached hydrogen (secondary N) is 2. The predicted octanol–water partition coefficient (Wildman–Crippen LogP) is 4.28. The molecule has 1 aromatic heterocycles. The standard InChI is InChI=1S/C20H22N4O/c1-14-8-10-16(11-9-14)21-20(25)24-12-4-5-15(13-24)19-22-17-6-2-3-7-18(17)23-19/h2-3,6-11,15H,4-5,12-13H2,1H3,(H,21,25)(H,22,23). The Bertz CT molecular complexity index is 851. The Morgan fingerprint density at radius 3 is 2.80 bits per heavy atom. The molecule has 2 amide bonds. The molecule has 25 heavy (non-hydrogen) atoms. The molecule has 2 heterocycles. The number of hydrogen-bond acceptors (Lipinski definition) is 2. The topological polar surface area (TPSA) is 61.0 Å². The number of carbonyl (C=O) groups excluding carboxylic acids is 1. The average molecular weight is 334 g/mol. The summed E-state index contributed by atoms with van der Waals surface area (Å²) in [5.41, 5.74) is 4.06. The fraction of sp³-hybridized carbons (Fsp3) is 0.300. The van der Waals surface area contributed by atoms with Crippen LogP contribution in [0.3, 0.4) is 0 Å². The first-order valence-electron chi connectivity index (χ1n) is 8.76. The van der Waals surface area contributed by atoms with Crippen LogP contribution in [0.4, 0.5) is 10.5 Å². The molecule has 5 heteroatoms. The molecule has 1 atom stereocenters. The van der Waals surface area contributed by atoms with Crippen LogP contribution >= 0.6 is 0 Å². The fourth-order valence-electron chi connectivity index (χ4n) is 3.39. The number of nitrogens with zero attached hydrogens (tertiary/aromatic N) is 2. The smallest absolute Gasteiger partial charge is 0.321 e. The summed E-state index contributed by atoms with van der Waals surface area (Å²) in [6, 6.07) is 15.9. The number of benzene rings is 2. The van der Waals surface area contributed by atoms with E-state index in [4.69, 9.17) is 4.98 Å². The van der Waals surface area contributed by atoms with Crippen LogP contribution in [0.25, 0.3) is 11.0 Å². The minimum atomic E-state index is -0.0373. The number of aromatic amines is 1. The number of H-pyrrole nitrogens is 1. The lowest BCUT2D eigenvalue weighted by Crippen LogP contribution is -2.41. The van der Waals surface area contributed by atoms with E-state index >= 15 is 0 Å². The van der Waals surface area contributed by atoms with Gasteiger partial charge in [-0.15, -0.1) is 0 Å². The second-order valence-corrected chi connectivity index (χ2v) is 6.72. The van der Waals surface area contributed by atoms with Gasteiger partial charge in [-0.05, 0) is 44.0 Å². The normalized spacial score (nSPS) is 17.6. The maximum absolute atomic E-state index is 12.6. The van der Waals surface area contributed by atoms with Gasteiger partial charge in [-0.25, -0.2) is 9.78 Å². The molecule has 2 N–H and O–H groups in total. The number of likely N-dealkylation sites (tertiary alicyclic amines) is 1. The first-order valence-corrected chi connectivity index (χ1v) is 8.76. The van der Waals surface area contributed by atoms with Gasteiger partial charge in [-0.3, -0.25) is 0 Å². The molecule has 0 spiro atoms. The molecule has 1 unspecified atom stereocenters. The van der Waals surface area contributed by atoms with Crippen molar-refractivity contribution in [2.45, 2.75) is 25.7 Å². The van der Waals surface area contributed by atoms with Crippen LogP contribution in [-0.4, -0.2) is 34.0 Å². The molecule has 0 saturated carbocycles. The van der Waals surface area contributed by atoms with E-state index < -0.39 is 0 Å². The number of anilines is 1. The monoisotopic (exact) mass is 334 g/mol. The van der Waals surface area contributed by atoms with Crippen LogP contribution in [-0.2, 0) is 0 Å². The highest BCUT2D eigenvalue weighted by molar-refractivity contribution is 5.89. The molecule has 0 radical (unpaired) electrons. The van der Waals surface area contributed by atoms with Crippen molar-refractivity contribution < 1.29 is 4.79 Å². The van der Waals surface area contributed by atoms with Crippen LogP contribution in [0, 0.1) is 6.92 Å². The zero-order valence-electron chi connectivity index (χ0n) is 14.3. The van der Waals surface area contributed by atoms with Gasteiger partial charge in [0.05, 0.1) is 11.0 Å². The highest BCUT2D eigenvalue weighted by Gasteiger charge is 2.26. The van der Waals surface area contributed by atoms with Gasteiger partial charge in [-0.2, -0.15) is 0 Å². The number of carbonyl (C=O) groups is 1. The van der Waals surface area contributed by atoms with E-state index in [1.807, 2.05) is 60.4 Å². The van der Waals surface area contributed by atoms with Gasteiger partial charge in [0.2, 0.25) is 0 Å². The number of rotatable bonds is 2. The summed E-state index contributed by atoms with van der Waals surface area (Å²) in [5.74, 6) is 1.24. The Hall–Kier alpha value is -2.82. The highest BCUT2D eigenvalue weighted by atomic mass is 16.2. The van der Waals surface area contributed by atoms with E-state index in [9.17, 15) is 4.79 Å². The number of aromatic nitrogens is 2. The third-order valence-corrected chi connectivity index (χ3v) is 4.81. The SMILES string of the molecule is Cc1ccc(NC(=O)N2CCCC(c3nc4ccccc4[nH]3)C2)cc1. The van der Waals surface area contributed by atoms with Gasteiger partial charge in [0.1, 0.15) is 5.82 Å². The van der Waals surface area contributed by atoms with Crippen molar-refractivity contribution in [2.24, 2.45) is 0 Å². The van der Waals surface area contributed by atoms with Crippen molar-refractivity contribution >= 4 is 22.8 Å². The van der Waals surface area contributed by atoms with Crippen molar-refractivity contribution in [3.05, 3.63) is 59.9 Å². The minimum absolute atomic E-state index is 0.0373. The summed E-state index contributed by atoms with van der Waals surface area (Å²) in [5, 5.41) is 2.99. The molecule has 0 aliphatic carbocycles. The summed E-state index contributed by atoms with van der Waals surface area (Å²) in [6.45, 7) is 3.51. The van der Waals surface area contributed by atoms with E-state index in [1.54, 1.807) is 0 Å². The molecule has 2 aromatic carbocycles. The predicted molar refractivity (Wildman–Crippen MR) is 99.8 cm³/mol. The maximum atomic E-state index is 12.6. The first kappa shape index (κ1) is 15.7. The first-order chi connectivity index (χ1) is 12.2. The van der Waals surface area contributed by atoms with Crippen LogP contribution < -0.4 is 5.32 Å². The van der Waals surface area contributed by atoms with Gasteiger partial charge in [0, 0.05) is 24.7 Å². The zero-order valence-corrected chi connectivity index (χ0v) is 14.3. The third kappa shape index (κ3) is 3.36. The van der Waals surface area contributed by atoms with Crippen molar-refractivity contribution in [3.8, 4) is 0 Å². The lowest BCUT2D eigenvalue weighted by Gasteiger charge is -2.31. The van der Waals surface area contributed by atoms with Gasteiger partial charge >= 0.3 is 6.03 Å². The van der Waals surface area contributed by atoms with Crippen molar-refractivity contribution in [1.82, 2.24) is 14.9 Å². The quantitative estimate of drug-likeness (QED) is 0.735. The van der Waals surface area contributed by atoms with Crippen LogP contribution in [0.5, 0.6) is 0 Å². The Balaban J connectivity index is 1.46. The number of hydrogen-bond donors (Lipinski definition) is 2. The number of para-hydroxylation sites is 2. The lowest BCUT2D eigenvalue weighted by atomic mass is 9.97. The second-order valence-electron chi connectivity index (χ2n) is 6.72. The van der Waals surface area contributed by atoms with Crippen LogP contribution in [0.2, 0.25) is 0 Å². The Morgan fingerprint density at radius 1 is 1.20 bits per heavy atom. The van der Waals surface area contributed by atoms with E-state index in [0.717, 1.165) is 41.9 Å². The largest absolute Gasteiger partial charge is 0.342 e. The van der Waals surface area contributed by atoms with Crippen LogP contribution in [0.1, 0.15) is 30.1 Å². The molecule has 3 aromatic rings. The summed E-state index contributed by atoms with van der Waals surface area (Å²) in [6.07, 6.45) is 2.04. The van der Waals surface area contributed by atoms with Crippen molar-refractivity contribution in [3.63, 3.8) is 0 Å². The zero-order chi connectivity index (χ0) is 17.2. The van der Waals surface area contributed by atoms with E-state index in [-0.39, 0.29) is 11.9 Å². The van der Waals surface area contributed by atoms with Gasteiger partial charge < -0.3 is 15.2 Å². The summed E-state index contributed by atoms with van der Waals surface area (Å²) in [4.78, 5) is 22.6. The third-order valence-electron chi connectivity index (χ3n) is 4.81. The number of piperidine rings is 1. The second kappa shape index (κ2) is 6.59. The molecular formula is C20H22N4O. The van der Waals surface area contributed by atoms with E-state index in [0.29, 0.717) is 6.54 Å². The van der Waals surface area contributed by atoms with Crippen LogP contribution in [0.15, 0.2) is 48.5 Å². The highest BCUT2D eigenvalue weighted by Crippen LogP contribution is 2.27. The minimum Gasteiger partial charge on any atom is -0.342 e. The Morgan fingerprint density at radius 2 is 2.00 bits per heavy atom. The molecule has 1 aliphatic heterocycles. The molecule has 5 nitrogen and oxygen atoms in total. The molecule has 4 rings (SSSR count). The molecule has 1 saturated heterocycles. The average Bonchev–Trinajstić information content (AvgIpc) is 3.08. The maximum Gasteiger partial charge on any atom is 0.321 e. The Labute approximate surface area is 147 Å². The van der Waals surface area contributed by atoms with Crippen molar-refractivity contribution in [2.75, 3.05) is 18.4 Å². The molecule has 1 aliphatic rings. The number of imidazole rings is 1. The molecular weight excluding hydrogens is 312 g/mol. The van der Waals surface area contributed by atoms with E-state index in [1.165, 1.54) is 5.56 Å². The summed E-state index contributed by atoms with van der Waals surface area (Å²) >= 11 is 0. The Kier molecular flexibility index (Phi) is 4.14.